The summed E-state index contributed by atoms with van der Waals surface area (Å²) < 4.78 is 0. The second-order valence-corrected chi connectivity index (χ2v) is 6.78. The van der Waals surface area contributed by atoms with Gasteiger partial charge in [0.1, 0.15) is 5.00 Å². The van der Waals surface area contributed by atoms with Crippen LogP contribution < -0.4 is 11.1 Å². The molecule has 1 aromatic heterocycles. The largest absolute Gasteiger partial charge is 0.389 e. The molecule has 2 rings (SSSR count). The molecule has 1 aromatic carbocycles. The first kappa shape index (κ1) is 14.5. The van der Waals surface area contributed by atoms with Crippen LogP contribution in [0, 0.1) is 6.92 Å². The average molecular weight is 289 g/mol. The molecule has 0 radical (unpaired) electrons. The molecule has 0 aliphatic carbocycles. The van der Waals surface area contributed by atoms with Crippen LogP contribution in [0.1, 0.15) is 42.4 Å². The monoisotopic (exact) mass is 289 g/mol. The van der Waals surface area contributed by atoms with Gasteiger partial charge in [0.15, 0.2) is 5.13 Å². The summed E-state index contributed by atoms with van der Waals surface area (Å²) in [6, 6.07) is 7.63. The molecule has 2 aromatic rings. The van der Waals surface area contributed by atoms with Crippen LogP contribution >= 0.6 is 11.3 Å². The summed E-state index contributed by atoms with van der Waals surface area (Å²) in [5.41, 5.74) is 8.36. The first-order valence-electron chi connectivity index (χ1n) is 6.42. The minimum absolute atomic E-state index is 0.0792. The number of aromatic nitrogens is 1. The molecule has 0 spiro atoms. The number of thiazole rings is 1. The summed E-state index contributed by atoms with van der Waals surface area (Å²) in [7, 11) is 0. The number of carbonyl (C=O) groups is 1. The number of nitrogens with zero attached hydrogens (tertiary/aromatic N) is 1. The van der Waals surface area contributed by atoms with Gasteiger partial charge in [0.2, 0.25) is 0 Å². The lowest BCUT2D eigenvalue weighted by Gasteiger charge is -2.18. The van der Waals surface area contributed by atoms with Crippen molar-refractivity contribution >= 4 is 27.4 Å². The lowest BCUT2D eigenvalue weighted by molar-refractivity contribution is 0.102. The molecule has 0 bridgehead atoms. The Morgan fingerprint density at radius 2 is 1.85 bits per heavy atom. The fourth-order valence-corrected chi connectivity index (χ4v) is 2.48. The fourth-order valence-electron chi connectivity index (χ4n) is 1.75. The van der Waals surface area contributed by atoms with Crippen molar-refractivity contribution in [3.63, 3.8) is 0 Å². The van der Waals surface area contributed by atoms with Crippen LogP contribution in [0.3, 0.4) is 0 Å². The van der Waals surface area contributed by atoms with Crippen LogP contribution in [0.2, 0.25) is 0 Å². The number of nitrogens with two attached hydrogens (primary N) is 1. The Morgan fingerprint density at radius 3 is 2.30 bits per heavy atom. The summed E-state index contributed by atoms with van der Waals surface area (Å²) in [5, 5.41) is 3.93. The number of nitrogens with one attached hydrogen (secondary N) is 1. The summed E-state index contributed by atoms with van der Waals surface area (Å²) in [5.74, 6) is -0.167. The van der Waals surface area contributed by atoms with Gasteiger partial charge in [0.25, 0.3) is 5.91 Å². The van der Waals surface area contributed by atoms with Gasteiger partial charge in [-0.1, -0.05) is 44.2 Å². The van der Waals surface area contributed by atoms with Crippen molar-refractivity contribution in [3.8, 4) is 0 Å². The highest BCUT2D eigenvalue weighted by Crippen LogP contribution is 2.25. The van der Waals surface area contributed by atoms with E-state index in [0.717, 1.165) is 5.69 Å². The first-order chi connectivity index (χ1) is 9.27. The molecule has 0 unspecified atom stereocenters. The van der Waals surface area contributed by atoms with E-state index in [0.29, 0.717) is 15.7 Å². The predicted octanol–water partition coefficient (Wildman–Crippen LogP) is 3.58. The van der Waals surface area contributed by atoms with Gasteiger partial charge >= 0.3 is 0 Å². The Balaban J connectivity index is 2.13. The van der Waals surface area contributed by atoms with Crippen LogP contribution in [-0.4, -0.2) is 10.9 Å². The molecule has 1 heterocycles. The minimum atomic E-state index is -0.167. The Morgan fingerprint density at radius 1 is 1.25 bits per heavy atom. The van der Waals surface area contributed by atoms with Gasteiger partial charge in [0, 0.05) is 5.56 Å². The molecule has 0 saturated heterocycles. The van der Waals surface area contributed by atoms with Crippen LogP contribution in [0.25, 0.3) is 0 Å². The lowest BCUT2D eigenvalue weighted by atomic mass is 9.87. The van der Waals surface area contributed by atoms with Crippen molar-refractivity contribution in [2.75, 3.05) is 11.1 Å². The van der Waals surface area contributed by atoms with E-state index in [9.17, 15) is 4.79 Å². The van der Waals surface area contributed by atoms with Crippen molar-refractivity contribution < 1.29 is 4.79 Å². The minimum Gasteiger partial charge on any atom is -0.389 e. The van der Waals surface area contributed by atoms with E-state index in [1.54, 1.807) is 0 Å². The molecule has 5 heteroatoms. The van der Waals surface area contributed by atoms with E-state index in [2.05, 4.69) is 31.1 Å². The van der Waals surface area contributed by atoms with Crippen molar-refractivity contribution in [1.82, 2.24) is 4.98 Å². The van der Waals surface area contributed by atoms with Crippen LogP contribution in [-0.2, 0) is 5.41 Å². The van der Waals surface area contributed by atoms with Crippen molar-refractivity contribution in [2.24, 2.45) is 0 Å². The van der Waals surface area contributed by atoms with Gasteiger partial charge in [0.05, 0.1) is 5.69 Å². The van der Waals surface area contributed by atoms with Gasteiger partial charge in [-0.3, -0.25) is 10.1 Å². The lowest BCUT2D eigenvalue weighted by Crippen LogP contribution is -2.14. The molecule has 4 nitrogen and oxygen atoms in total. The van der Waals surface area contributed by atoms with Crippen LogP contribution in [0.5, 0.6) is 0 Å². The van der Waals surface area contributed by atoms with Gasteiger partial charge in [-0.05, 0) is 30.0 Å². The van der Waals surface area contributed by atoms with Crippen molar-refractivity contribution in [1.29, 1.82) is 0 Å². The van der Waals surface area contributed by atoms with Gasteiger partial charge in [-0.25, -0.2) is 4.98 Å². The highest BCUT2D eigenvalue weighted by molar-refractivity contribution is 7.19. The summed E-state index contributed by atoms with van der Waals surface area (Å²) in [4.78, 5) is 16.3. The number of aryl methyl sites for hydroxylation is 1. The third-order valence-corrected chi connectivity index (χ3v) is 3.97. The van der Waals surface area contributed by atoms with Crippen molar-refractivity contribution in [3.05, 3.63) is 41.1 Å². The summed E-state index contributed by atoms with van der Waals surface area (Å²) in [6.45, 7) is 8.25. The maximum Gasteiger partial charge on any atom is 0.257 e. The van der Waals surface area contributed by atoms with Crippen LogP contribution in [0.15, 0.2) is 24.3 Å². The molecule has 106 valence electrons. The molecule has 20 heavy (non-hydrogen) atoms. The van der Waals surface area contributed by atoms with E-state index in [-0.39, 0.29) is 11.3 Å². The molecular formula is C15H19N3OS. The number of benzene rings is 1. The molecule has 0 aliphatic rings. The average Bonchev–Trinajstić information content (AvgIpc) is 2.67. The Labute approximate surface area is 123 Å². The number of rotatable bonds is 2. The molecule has 1 amide bonds. The number of carbonyl (C=O) groups excluding carboxylic acids is 1. The zero-order chi connectivity index (χ0) is 14.9. The maximum atomic E-state index is 12.1. The zero-order valence-corrected chi connectivity index (χ0v) is 13.0. The second-order valence-electron chi connectivity index (χ2n) is 5.75. The SMILES string of the molecule is Cc1nc(NC(=O)c2ccc(C(C)(C)C)cc2)sc1N. The number of nitrogen functional groups attached to an aromatic ring is 1. The molecule has 0 fully saturated rings. The van der Waals surface area contributed by atoms with E-state index in [1.807, 2.05) is 31.2 Å². The third-order valence-electron chi connectivity index (χ3n) is 3.07. The smallest absolute Gasteiger partial charge is 0.257 e. The van der Waals surface area contributed by atoms with Gasteiger partial charge in [-0.15, -0.1) is 0 Å². The molecule has 0 saturated carbocycles. The number of hydrogen-bond acceptors (Lipinski definition) is 4. The molecule has 3 N–H and O–H groups in total. The number of hydrogen-bond donors (Lipinski definition) is 2. The van der Waals surface area contributed by atoms with E-state index in [1.165, 1.54) is 16.9 Å². The topological polar surface area (TPSA) is 68.0 Å². The number of amides is 1. The van der Waals surface area contributed by atoms with Crippen LogP contribution in [0.4, 0.5) is 10.1 Å². The van der Waals surface area contributed by atoms with Crippen molar-refractivity contribution in [2.45, 2.75) is 33.1 Å². The molecule has 0 aliphatic heterocycles. The fraction of sp³-hybridized carbons (Fsp3) is 0.333. The molecule has 0 atom stereocenters. The second kappa shape index (κ2) is 5.25. The quantitative estimate of drug-likeness (QED) is 0.888. The first-order valence-corrected chi connectivity index (χ1v) is 7.24. The summed E-state index contributed by atoms with van der Waals surface area (Å²) >= 11 is 1.28. The zero-order valence-electron chi connectivity index (χ0n) is 12.2. The summed E-state index contributed by atoms with van der Waals surface area (Å²) in [6.07, 6.45) is 0. The van der Waals surface area contributed by atoms with E-state index in [4.69, 9.17) is 5.73 Å². The van der Waals surface area contributed by atoms with E-state index < -0.39 is 0 Å². The maximum absolute atomic E-state index is 12.1. The normalized spacial score (nSPS) is 11.4. The molecular weight excluding hydrogens is 270 g/mol. The Kier molecular flexibility index (Phi) is 3.81. The Bertz CT molecular complexity index is 604. The number of anilines is 2. The van der Waals surface area contributed by atoms with E-state index >= 15 is 0 Å². The highest BCUT2D eigenvalue weighted by Gasteiger charge is 2.15. The third kappa shape index (κ3) is 3.17. The predicted molar refractivity (Wildman–Crippen MR) is 84.4 cm³/mol. The standard InChI is InChI=1S/C15H19N3OS/c1-9-12(16)20-14(17-9)18-13(19)10-5-7-11(8-6-10)15(2,3)4/h5-8H,16H2,1-4H3,(H,17,18,19). The van der Waals surface area contributed by atoms with Gasteiger partial charge < -0.3 is 5.73 Å². The Hall–Kier alpha value is -1.88. The van der Waals surface area contributed by atoms with Gasteiger partial charge in [-0.2, -0.15) is 0 Å². The highest BCUT2D eigenvalue weighted by atomic mass is 32.1.